The minimum Gasteiger partial charge on any atom is -0.496 e. The normalized spacial score (nSPS) is 21.7. The van der Waals surface area contributed by atoms with E-state index in [4.69, 9.17) is 9.47 Å². The van der Waals surface area contributed by atoms with Crippen LogP contribution in [0.25, 0.3) is 0 Å². The number of carbonyl (C=O) groups is 1. The number of hydrogen-bond donors (Lipinski definition) is 1. The van der Waals surface area contributed by atoms with Crippen molar-refractivity contribution in [2.24, 2.45) is 0 Å². The largest absolute Gasteiger partial charge is 0.496 e. The minimum atomic E-state index is -0.128. The summed E-state index contributed by atoms with van der Waals surface area (Å²) in [6.45, 7) is 5.99. The van der Waals surface area contributed by atoms with Gasteiger partial charge in [-0.3, -0.25) is 9.69 Å². The summed E-state index contributed by atoms with van der Waals surface area (Å²) >= 11 is 0. The second kappa shape index (κ2) is 8.56. The van der Waals surface area contributed by atoms with Crippen molar-refractivity contribution in [3.05, 3.63) is 64.7 Å². The van der Waals surface area contributed by atoms with Crippen LogP contribution in [0.3, 0.4) is 0 Å². The summed E-state index contributed by atoms with van der Waals surface area (Å²) in [4.78, 5) is 15.2. The molecule has 0 saturated carbocycles. The Labute approximate surface area is 173 Å². The van der Waals surface area contributed by atoms with Crippen molar-refractivity contribution in [2.45, 2.75) is 44.9 Å². The first-order chi connectivity index (χ1) is 14.1. The summed E-state index contributed by atoms with van der Waals surface area (Å²) in [5.74, 6) is 0.942. The number of rotatable bonds is 6. The van der Waals surface area contributed by atoms with Gasteiger partial charge in [0.1, 0.15) is 5.75 Å². The average Bonchev–Trinajstić information content (AvgIpc) is 3.06. The highest BCUT2D eigenvalue weighted by molar-refractivity contribution is 5.96. The molecule has 154 valence electrons. The topological polar surface area (TPSA) is 50.8 Å². The molecule has 5 heteroatoms. The molecule has 0 radical (unpaired) electrons. The van der Waals surface area contributed by atoms with Crippen LogP contribution in [-0.4, -0.2) is 43.2 Å². The maximum Gasteiger partial charge on any atom is 0.252 e. The van der Waals surface area contributed by atoms with Gasteiger partial charge in [-0.1, -0.05) is 24.3 Å². The Morgan fingerprint density at radius 1 is 1.17 bits per heavy atom. The quantitative estimate of drug-likeness (QED) is 0.814. The first-order valence-corrected chi connectivity index (χ1v) is 10.5. The standard InChI is InChI=1S/C24H30N2O3/c1-3-29-16-20-14-18(8-9-22(20)28-2)15-26-13-12-24(17-26)11-10-19-6-4-5-7-21(19)23(27)25-24/h4-9,14H,3,10-13,15-17H2,1-2H3,(H,25,27). The summed E-state index contributed by atoms with van der Waals surface area (Å²) in [5.41, 5.74) is 4.20. The molecular formula is C24H30N2O3. The van der Waals surface area contributed by atoms with Gasteiger partial charge >= 0.3 is 0 Å². The fraction of sp³-hybridized carbons (Fsp3) is 0.458. The lowest BCUT2D eigenvalue weighted by Crippen LogP contribution is -2.49. The molecule has 4 rings (SSSR count). The number of benzene rings is 2. The number of nitrogens with zero attached hydrogens (tertiary/aromatic N) is 1. The SMILES string of the molecule is CCOCc1cc(CN2CCC3(CCc4ccccc4C(=O)N3)C2)ccc1OC. The Balaban J connectivity index is 1.45. The number of likely N-dealkylation sites (tertiary alicyclic amines) is 1. The summed E-state index contributed by atoms with van der Waals surface area (Å²) < 4.78 is 11.1. The summed E-state index contributed by atoms with van der Waals surface area (Å²) in [6, 6.07) is 14.3. The van der Waals surface area contributed by atoms with Crippen molar-refractivity contribution in [1.82, 2.24) is 10.2 Å². The first-order valence-electron chi connectivity index (χ1n) is 10.5. The summed E-state index contributed by atoms with van der Waals surface area (Å²) in [5, 5.41) is 3.36. The lowest BCUT2D eigenvalue weighted by Gasteiger charge is -2.29. The molecule has 0 bridgehead atoms. The molecule has 1 unspecified atom stereocenters. The van der Waals surface area contributed by atoms with Crippen LogP contribution in [-0.2, 0) is 24.3 Å². The van der Waals surface area contributed by atoms with Crippen LogP contribution in [0.2, 0.25) is 0 Å². The Hall–Kier alpha value is -2.37. The third-order valence-corrected chi connectivity index (χ3v) is 6.16. The van der Waals surface area contributed by atoms with Crippen molar-refractivity contribution in [3.63, 3.8) is 0 Å². The lowest BCUT2D eigenvalue weighted by molar-refractivity contribution is 0.0902. The third-order valence-electron chi connectivity index (χ3n) is 6.16. The van der Waals surface area contributed by atoms with E-state index >= 15 is 0 Å². The van der Waals surface area contributed by atoms with Crippen LogP contribution in [0.1, 0.15) is 46.8 Å². The van der Waals surface area contributed by atoms with E-state index in [2.05, 4.69) is 28.4 Å². The number of fused-ring (bicyclic) bond motifs is 1. The van der Waals surface area contributed by atoms with Crippen molar-refractivity contribution >= 4 is 5.91 Å². The summed E-state index contributed by atoms with van der Waals surface area (Å²) in [7, 11) is 1.70. The predicted octanol–water partition coefficient (Wildman–Crippen LogP) is 3.55. The van der Waals surface area contributed by atoms with Gasteiger partial charge in [0.05, 0.1) is 19.3 Å². The van der Waals surface area contributed by atoms with Crippen LogP contribution in [0.5, 0.6) is 5.75 Å². The molecular weight excluding hydrogens is 364 g/mol. The lowest BCUT2D eigenvalue weighted by atomic mass is 9.91. The molecule has 5 nitrogen and oxygen atoms in total. The Kier molecular flexibility index (Phi) is 5.88. The number of carbonyl (C=O) groups excluding carboxylic acids is 1. The Morgan fingerprint density at radius 3 is 2.86 bits per heavy atom. The zero-order valence-corrected chi connectivity index (χ0v) is 17.4. The number of methoxy groups -OCH3 is 1. The minimum absolute atomic E-state index is 0.0726. The van der Waals surface area contributed by atoms with Crippen LogP contribution < -0.4 is 10.1 Å². The second-order valence-electron chi connectivity index (χ2n) is 8.14. The highest BCUT2D eigenvalue weighted by Crippen LogP contribution is 2.32. The van der Waals surface area contributed by atoms with Gasteiger partial charge in [0.2, 0.25) is 0 Å². The highest BCUT2D eigenvalue weighted by Gasteiger charge is 2.41. The fourth-order valence-corrected chi connectivity index (χ4v) is 4.62. The van der Waals surface area contributed by atoms with Gasteiger partial charge in [0, 0.05) is 37.4 Å². The smallest absolute Gasteiger partial charge is 0.252 e. The van der Waals surface area contributed by atoms with Gasteiger partial charge in [-0.15, -0.1) is 0 Å². The Morgan fingerprint density at radius 2 is 2.03 bits per heavy atom. The zero-order valence-electron chi connectivity index (χ0n) is 17.4. The molecule has 2 aliphatic rings. The van der Waals surface area contributed by atoms with Gasteiger partial charge in [0.15, 0.2) is 0 Å². The van der Waals surface area contributed by atoms with E-state index in [9.17, 15) is 4.79 Å². The molecule has 1 N–H and O–H groups in total. The molecule has 2 heterocycles. The number of hydrogen-bond acceptors (Lipinski definition) is 4. The van der Waals surface area contributed by atoms with E-state index in [1.807, 2.05) is 31.2 Å². The van der Waals surface area contributed by atoms with E-state index in [1.165, 1.54) is 5.56 Å². The van der Waals surface area contributed by atoms with Crippen LogP contribution in [0, 0.1) is 0 Å². The summed E-state index contributed by atoms with van der Waals surface area (Å²) in [6.07, 6.45) is 2.93. The monoisotopic (exact) mass is 394 g/mol. The van der Waals surface area contributed by atoms with E-state index in [0.717, 1.165) is 61.3 Å². The van der Waals surface area contributed by atoms with Gasteiger partial charge < -0.3 is 14.8 Å². The van der Waals surface area contributed by atoms with Crippen molar-refractivity contribution in [3.8, 4) is 5.75 Å². The molecule has 2 aromatic rings. The third kappa shape index (κ3) is 4.31. The molecule has 1 amide bonds. The molecule has 1 atom stereocenters. The molecule has 29 heavy (non-hydrogen) atoms. The second-order valence-corrected chi connectivity index (χ2v) is 8.14. The van der Waals surface area contributed by atoms with Crippen molar-refractivity contribution in [2.75, 3.05) is 26.8 Å². The molecule has 1 spiro atoms. The molecule has 0 aromatic heterocycles. The van der Waals surface area contributed by atoms with Crippen molar-refractivity contribution < 1.29 is 14.3 Å². The molecule has 0 aliphatic carbocycles. The molecule has 1 saturated heterocycles. The van der Waals surface area contributed by atoms with Gasteiger partial charge in [-0.05, 0) is 55.5 Å². The van der Waals surface area contributed by atoms with E-state index < -0.39 is 0 Å². The molecule has 1 fully saturated rings. The zero-order chi connectivity index (χ0) is 20.3. The van der Waals surface area contributed by atoms with E-state index in [-0.39, 0.29) is 11.4 Å². The van der Waals surface area contributed by atoms with Crippen LogP contribution >= 0.6 is 0 Å². The van der Waals surface area contributed by atoms with Gasteiger partial charge in [-0.25, -0.2) is 0 Å². The van der Waals surface area contributed by atoms with Gasteiger partial charge in [-0.2, -0.15) is 0 Å². The molecule has 2 aromatic carbocycles. The maximum atomic E-state index is 12.8. The van der Waals surface area contributed by atoms with Crippen LogP contribution in [0.4, 0.5) is 0 Å². The highest BCUT2D eigenvalue weighted by atomic mass is 16.5. The number of nitrogens with one attached hydrogen (secondary N) is 1. The number of aryl methyl sites for hydroxylation is 1. The van der Waals surface area contributed by atoms with Crippen LogP contribution in [0.15, 0.2) is 42.5 Å². The first kappa shape index (κ1) is 19.9. The van der Waals surface area contributed by atoms with E-state index in [1.54, 1.807) is 7.11 Å². The number of amides is 1. The predicted molar refractivity (Wildman–Crippen MR) is 113 cm³/mol. The van der Waals surface area contributed by atoms with E-state index in [0.29, 0.717) is 13.2 Å². The van der Waals surface area contributed by atoms with Crippen molar-refractivity contribution in [1.29, 1.82) is 0 Å². The average molecular weight is 395 g/mol. The maximum absolute atomic E-state index is 12.8. The van der Waals surface area contributed by atoms with Gasteiger partial charge in [0.25, 0.3) is 5.91 Å². The number of ether oxygens (including phenoxy) is 2. The molecule has 2 aliphatic heterocycles. The Bertz CT molecular complexity index is 882. The fourth-order valence-electron chi connectivity index (χ4n) is 4.62.